The average Bonchev–Trinajstić information content (AvgIpc) is 2.49. The van der Waals surface area contributed by atoms with Gasteiger partial charge >= 0.3 is 0 Å². The largest absolute Gasteiger partial charge is 0.117 e. The molecule has 0 radical (unpaired) electrons. The van der Waals surface area contributed by atoms with E-state index in [4.69, 9.17) is 11.6 Å². The Morgan fingerprint density at radius 1 is 0.952 bits per heavy atom. The van der Waals surface area contributed by atoms with Gasteiger partial charge in [0.15, 0.2) is 0 Å². The molecule has 0 bridgehead atoms. The van der Waals surface area contributed by atoms with Gasteiger partial charge in [0.1, 0.15) is 0 Å². The van der Waals surface area contributed by atoms with Crippen molar-refractivity contribution in [2.24, 2.45) is 0 Å². The van der Waals surface area contributed by atoms with Crippen LogP contribution < -0.4 is 0 Å². The van der Waals surface area contributed by atoms with Crippen molar-refractivity contribution in [2.75, 3.05) is 0 Å². The molecule has 2 aromatic carbocycles. The summed E-state index contributed by atoms with van der Waals surface area (Å²) < 4.78 is 0. The minimum atomic E-state index is 0.0338. The highest BCUT2D eigenvalue weighted by atomic mass is 35.5. The predicted octanol–water partition coefficient (Wildman–Crippen LogP) is 6.21. The lowest BCUT2D eigenvalue weighted by atomic mass is 9.82. The van der Waals surface area contributed by atoms with Gasteiger partial charge in [0.2, 0.25) is 0 Å². The molecular weight excluding hydrogens is 276 g/mol. The molecule has 0 amide bonds. The molecule has 21 heavy (non-hydrogen) atoms. The Morgan fingerprint density at radius 2 is 1.52 bits per heavy atom. The third-order valence-corrected chi connectivity index (χ3v) is 4.88. The lowest BCUT2D eigenvalue weighted by molar-refractivity contribution is 0.506. The van der Waals surface area contributed by atoms with Crippen LogP contribution in [0.1, 0.15) is 54.8 Å². The van der Waals surface area contributed by atoms with Crippen LogP contribution in [0.4, 0.5) is 0 Å². The molecule has 0 fully saturated rings. The number of aryl methyl sites for hydroxylation is 1. The van der Waals surface area contributed by atoms with Gasteiger partial charge in [0.05, 0.1) is 5.38 Å². The van der Waals surface area contributed by atoms with Crippen molar-refractivity contribution in [2.45, 2.75) is 51.3 Å². The zero-order valence-electron chi connectivity index (χ0n) is 13.5. The maximum Gasteiger partial charge on any atom is 0.0625 e. The maximum atomic E-state index is 6.58. The first kappa shape index (κ1) is 16.1. The van der Waals surface area contributed by atoms with E-state index in [2.05, 4.69) is 76.2 Å². The van der Waals surface area contributed by atoms with Gasteiger partial charge in [-0.05, 0) is 41.9 Å². The zero-order chi connectivity index (χ0) is 15.5. The van der Waals surface area contributed by atoms with E-state index in [9.17, 15) is 0 Å². The molecule has 0 N–H and O–H groups in total. The number of hydrogen-bond acceptors (Lipinski definition) is 0. The van der Waals surface area contributed by atoms with Crippen molar-refractivity contribution in [3.05, 3.63) is 70.8 Å². The topological polar surface area (TPSA) is 0 Å². The molecule has 0 aliphatic rings. The molecular formula is C20H25Cl. The Kier molecular flexibility index (Phi) is 5.11. The Bertz CT molecular complexity index is 564. The number of benzene rings is 2. The number of halogens is 1. The molecule has 1 unspecified atom stereocenters. The predicted molar refractivity (Wildman–Crippen MR) is 93.2 cm³/mol. The Labute approximate surface area is 134 Å². The maximum absolute atomic E-state index is 6.58. The summed E-state index contributed by atoms with van der Waals surface area (Å²) >= 11 is 6.58. The molecule has 0 aromatic heterocycles. The minimum Gasteiger partial charge on any atom is -0.117 e. The third-order valence-electron chi connectivity index (χ3n) is 4.47. The van der Waals surface area contributed by atoms with Gasteiger partial charge in [0.25, 0.3) is 0 Å². The van der Waals surface area contributed by atoms with E-state index in [0.29, 0.717) is 0 Å². The fourth-order valence-corrected chi connectivity index (χ4v) is 2.72. The monoisotopic (exact) mass is 300 g/mol. The summed E-state index contributed by atoms with van der Waals surface area (Å²) in [4.78, 5) is 0. The van der Waals surface area contributed by atoms with E-state index >= 15 is 0 Å². The van der Waals surface area contributed by atoms with Gasteiger partial charge < -0.3 is 0 Å². The molecule has 0 heterocycles. The van der Waals surface area contributed by atoms with E-state index in [0.717, 1.165) is 12.8 Å². The average molecular weight is 301 g/mol. The van der Waals surface area contributed by atoms with Crippen molar-refractivity contribution in [3.8, 4) is 0 Å². The van der Waals surface area contributed by atoms with Crippen molar-refractivity contribution in [1.29, 1.82) is 0 Å². The van der Waals surface area contributed by atoms with Crippen molar-refractivity contribution < 1.29 is 0 Å². The second-order valence-electron chi connectivity index (χ2n) is 6.52. The van der Waals surface area contributed by atoms with Crippen LogP contribution in [0.2, 0.25) is 0 Å². The van der Waals surface area contributed by atoms with Crippen molar-refractivity contribution in [1.82, 2.24) is 0 Å². The Balaban J connectivity index is 2.09. The van der Waals surface area contributed by atoms with Gasteiger partial charge in [-0.2, -0.15) is 0 Å². The van der Waals surface area contributed by atoms with Crippen LogP contribution in [0.3, 0.4) is 0 Å². The van der Waals surface area contributed by atoms with Crippen molar-refractivity contribution >= 4 is 11.6 Å². The van der Waals surface area contributed by atoms with E-state index in [1.54, 1.807) is 0 Å². The Morgan fingerprint density at radius 3 is 2.05 bits per heavy atom. The number of hydrogen-bond donors (Lipinski definition) is 0. The first-order valence-corrected chi connectivity index (χ1v) is 8.16. The zero-order valence-corrected chi connectivity index (χ0v) is 14.2. The van der Waals surface area contributed by atoms with Crippen molar-refractivity contribution in [3.63, 3.8) is 0 Å². The molecule has 2 aromatic rings. The van der Waals surface area contributed by atoms with Gasteiger partial charge in [-0.3, -0.25) is 0 Å². The van der Waals surface area contributed by atoms with Gasteiger partial charge in [-0.1, -0.05) is 74.9 Å². The standard InChI is InChI=1S/C20H25Cl/c1-5-20(3,4)18-12-10-17(11-13-18)19(21)14-16-8-6-15(2)7-9-16/h6-13,19H,5,14H2,1-4H3. The highest BCUT2D eigenvalue weighted by molar-refractivity contribution is 6.20. The molecule has 112 valence electrons. The third kappa shape index (κ3) is 4.11. The summed E-state index contributed by atoms with van der Waals surface area (Å²) in [6.07, 6.45) is 2.01. The summed E-state index contributed by atoms with van der Waals surface area (Å²) in [5.41, 5.74) is 5.40. The summed E-state index contributed by atoms with van der Waals surface area (Å²) in [5, 5.41) is 0.0338. The number of alkyl halides is 1. The Hall–Kier alpha value is -1.27. The molecule has 1 heteroatoms. The second kappa shape index (κ2) is 6.66. The van der Waals surface area contributed by atoms with Crippen LogP contribution in [0.25, 0.3) is 0 Å². The molecule has 0 saturated carbocycles. The molecule has 0 spiro atoms. The molecule has 2 rings (SSSR count). The number of rotatable bonds is 5. The second-order valence-corrected chi connectivity index (χ2v) is 7.04. The van der Waals surface area contributed by atoms with Gasteiger partial charge in [-0.25, -0.2) is 0 Å². The first-order chi connectivity index (χ1) is 9.92. The molecule has 0 saturated heterocycles. The highest BCUT2D eigenvalue weighted by Crippen LogP contribution is 2.30. The summed E-state index contributed by atoms with van der Waals surface area (Å²) in [7, 11) is 0. The fourth-order valence-electron chi connectivity index (χ4n) is 2.40. The van der Waals surface area contributed by atoms with Crippen LogP contribution in [-0.4, -0.2) is 0 Å². The quantitative estimate of drug-likeness (QED) is 0.576. The lowest BCUT2D eigenvalue weighted by Gasteiger charge is -2.23. The molecule has 0 nitrogen and oxygen atoms in total. The van der Waals surface area contributed by atoms with Crippen LogP contribution in [0, 0.1) is 6.92 Å². The molecule has 0 aliphatic carbocycles. The van der Waals surface area contributed by atoms with Crippen LogP contribution in [0.5, 0.6) is 0 Å². The van der Waals surface area contributed by atoms with E-state index < -0.39 is 0 Å². The smallest absolute Gasteiger partial charge is 0.0625 e. The molecule has 0 aliphatic heterocycles. The lowest BCUT2D eigenvalue weighted by Crippen LogP contribution is -2.15. The highest BCUT2D eigenvalue weighted by Gasteiger charge is 2.18. The molecule has 1 atom stereocenters. The van der Waals surface area contributed by atoms with E-state index in [-0.39, 0.29) is 10.8 Å². The van der Waals surface area contributed by atoms with Crippen LogP contribution >= 0.6 is 11.6 Å². The first-order valence-electron chi connectivity index (χ1n) is 7.72. The minimum absolute atomic E-state index is 0.0338. The fraction of sp³-hybridized carbons (Fsp3) is 0.400. The van der Waals surface area contributed by atoms with Crippen LogP contribution in [-0.2, 0) is 11.8 Å². The van der Waals surface area contributed by atoms with E-state index in [1.165, 1.54) is 22.3 Å². The normalized spacial score (nSPS) is 13.2. The summed E-state index contributed by atoms with van der Waals surface area (Å²) in [6, 6.07) is 17.4. The SMILES string of the molecule is CCC(C)(C)c1ccc(C(Cl)Cc2ccc(C)cc2)cc1. The van der Waals surface area contributed by atoms with E-state index in [1.807, 2.05) is 0 Å². The summed E-state index contributed by atoms with van der Waals surface area (Å²) in [5.74, 6) is 0. The summed E-state index contributed by atoms with van der Waals surface area (Å²) in [6.45, 7) is 8.91. The van der Waals surface area contributed by atoms with Gasteiger partial charge in [0, 0.05) is 0 Å². The van der Waals surface area contributed by atoms with Crippen LogP contribution in [0.15, 0.2) is 48.5 Å². The van der Waals surface area contributed by atoms with Gasteiger partial charge in [-0.15, -0.1) is 11.6 Å².